The van der Waals surface area contributed by atoms with E-state index < -0.39 is 35.6 Å². The summed E-state index contributed by atoms with van der Waals surface area (Å²) in [6.07, 6.45) is 1.38. The lowest BCUT2D eigenvalue weighted by atomic mass is 9.97. The van der Waals surface area contributed by atoms with Crippen LogP contribution in [0.3, 0.4) is 0 Å². The van der Waals surface area contributed by atoms with Crippen LogP contribution in [0.25, 0.3) is 0 Å². The van der Waals surface area contributed by atoms with E-state index >= 15 is 0 Å². The molecule has 3 atom stereocenters. The maximum Gasteiger partial charge on any atom is 0.408 e. The molecule has 4 N–H and O–H groups in total. The number of alkyl carbamates (subject to hydrolysis) is 1. The summed E-state index contributed by atoms with van der Waals surface area (Å²) in [5.74, 6) is -1.37. The summed E-state index contributed by atoms with van der Waals surface area (Å²) in [7, 11) is 0. The molecule has 208 valence electrons. The van der Waals surface area contributed by atoms with Crippen molar-refractivity contribution in [2.24, 2.45) is 5.73 Å². The maximum atomic E-state index is 14.0. The van der Waals surface area contributed by atoms with Crippen LogP contribution in [0.5, 0.6) is 0 Å². The topological polar surface area (TPSA) is 131 Å². The first-order chi connectivity index (χ1) is 17.2. The summed E-state index contributed by atoms with van der Waals surface area (Å²) in [5, 5.41) is 5.65. The molecule has 0 saturated carbocycles. The molecule has 4 amide bonds. The summed E-state index contributed by atoms with van der Waals surface area (Å²) in [6.45, 7) is 15.3. The highest BCUT2D eigenvalue weighted by Crippen LogP contribution is 2.26. The van der Waals surface area contributed by atoms with E-state index in [1.165, 1.54) is 4.90 Å². The fourth-order valence-corrected chi connectivity index (χ4v) is 4.04. The Morgan fingerprint density at radius 2 is 1.65 bits per heavy atom. The largest absolute Gasteiger partial charge is 0.444 e. The van der Waals surface area contributed by atoms with Crippen molar-refractivity contribution in [3.05, 3.63) is 34.9 Å². The highest BCUT2D eigenvalue weighted by Gasteiger charge is 2.36. The first kappa shape index (κ1) is 31.9. The number of ether oxygens (including phenoxy) is 1. The lowest BCUT2D eigenvalue weighted by Gasteiger charge is -2.35. The normalized spacial score (nSPS) is 13.7. The number of benzene rings is 1. The van der Waals surface area contributed by atoms with Crippen molar-refractivity contribution in [3.8, 4) is 0 Å². The number of rotatable bonds is 13. The predicted molar refractivity (Wildman–Crippen MR) is 145 cm³/mol. The Bertz CT molecular complexity index is 941. The fraction of sp³-hybridized carbons (Fsp3) is 0.643. The van der Waals surface area contributed by atoms with Gasteiger partial charge in [0, 0.05) is 19.0 Å². The Morgan fingerprint density at radius 1 is 1.00 bits per heavy atom. The highest BCUT2D eigenvalue weighted by atomic mass is 16.6. The molecule has 0 heterocycles. The van der Waals surface area contributed by atoms with Crippen LogP contribution in [0.1, 0.15) is 96.4 Å². The minimum atomic E-state index is -1.09. The molecule has 0 aliphatic carbocycles. The zero-order chi connectivity index (χ0) is 28.3. The van der Waals surface area contributed by atoms with E-state index in [-0.39, 0.29) is 31.3 Å². The number of carbonyl (C=O) groups excluding carboxylic acids is 4. The number of hydrogen-bond acceptors (Lipinski definition) is 5. The molecule has 3 unspecified atom stereocenters. The van der Waals surface area contributed by atoms with Gasteiger partial charge >= 0.3 is 6.09 Å². The second kappa shape index (κ2) is 14.6. The molecule has 0 fully saturated rings. The van der Waals surface area contributed by atoms with Gasteiger partial charge in [0.05, 0.1) is 0 Å². The van der Waals surface area contributed by atoms with Crippen molar-refractivity contribution in [2.75, 3.05) is 6.54 Å². The van der Waals surface area contributed by atoms with Gasteiger partial charge in [-0.2, -0.15) is 0 Å². The molecule has 9 heteroatoms. The van der Waals surface area contributed by atoms with Gasteiger partial charge in [0.2, 0.25) is 17.7 Å². The minimum absolute atomic E-state index is 0.0128. The SMILES string of the molecule is CCCC(C)NC(=O)C(c1ccc(C)c(C)c1)N(CCC)C(=O)C(CCC(N)=O)NC(=O)OC(C)(C)C. The number of amides is 4. The number of carbonyl (C=O) groups is 4. The van der Waals surface area contributed by atoms with Crippen LogP contribution < -0.4 is 16.4 Å². The number of primary amides is 1. The average Bonchev–Trinajstić information content (AvgIpc) is 2.76. The number of nitrogens with zero attached hydrogens (tertiary/aromatic N) is 1. The summed E-state index contributed by atoms with van der Waals surface area (Å²) in [6, 6.07) is 3.62. The molecular weight excluding hydrogens is 472 g/mol. The fourth-order valence-electron chi connectivity index (χ4n) is 4.04. The molecule has 1 aromatic carbocycles. The molecule has 37 heavy (non-hydrogen) atoms. The lowest BCUT2D eigenvalue weighted by molar-refractivity contribution is -0.143. The summed E-state index contributed by atoms with van der Waals surface area (Å²) in [5.41, 5.74) is 7.32. The van der Waals surface area contributed by atoms with E-state index in [1.807, 2.05) is 52.8 Å². The van der Waals surface area contributed by atoms with Gasteiger partial charge < -0.3 is 26.0 Å². The van der Waals surface area contributed by atoms with Crippen molar-refractivity contribution in [3.63, 3.8) is 0 Å². The van der Waals surface area contributed by atoms with E-state index in [0.717, 1.165) is 24.0 Å². The monoisotopic (exact) mass is 518 g/mol. The van der Waals surface area contributed by atoms with Crippen molar-refractivity contribution >= 4 is 23.8 Å². The quantitative estimate of drug-likeness (QED) is 0.363. The molecular formula is C28H46N4O5. The molecule has 0 aliphatic rings. The van der Waals surface area contributed by atoms with Crippen molar-refractivity contribution in [1.29, 1.82) is 0 Å². The van der Waals surface area contributed by atoms with Crippen LogP contribution >= 0.6 is 0 Å². The third-order valence-corrected chi connectivity index (χ3v) is 5.93. The Labute approximate surface area is 221 Å². The number of nitrogens with two attached hydrogens (primary N) is 1. The maximum absolute atomic E-state index is 14.0. The van der Waals surface area contributed by atoms with Crippen molar-refractivity contribution < 1.29 is 23.9 Å². The Hall–Kier alpha value is -3.10. The molecule has 0 aromatic heterocycles. The van der Waals surface area contributed by atoms with Gasteiger partial charge in [-0.05, 0) is 77.5 Å². The zero-order valence-corrected chi connectivity index (χ0v) is 23.8. The average molecular weight is 519 g/mol. The standard InChI is InChI=1S/C28H46N4O5/c1-9-11-20(5)30-25(34)24(21-13-12-18(3)19(4)17-21)32(16-10-2)26(35)22(14-15-23(29)33)31-27(36)37-28(6,7)8/h12-13,17,20,22,24H,9-11,14-16H2,1-8H3,(H2,29,33)(H,30,34)(H,31,36). The molecule has 0 spiro atoms. The molecule has 1 rings (SSSR count). The Balaban J connectivity index is 3.49. The summed E-state index contributed by atoms with van der Waals surface area (Å²) in [4.78, 5) is 53.2. The molecule has 9 nitrogen and oxygen atoms in total. The highest BCUT2D eigenvalue weighted by molar-refractivity contribution is 5.92. The van der Waals surface area contributed by atoms with Gasteiger partial charge in [0.15, 0.2) is 0 Å². The van der Waals surface area contributed by atoms with Gasteiger partial charge in [-0.25, -0.2) is 4.79 Å². The number of aryl methyl sites for hydroxylation is 2. The molecule has 0 aliphatic heterocycles. The van der Waals surface area contributed by atoms with Crippen LogP contribution in [0.15, 0.2) is 18.2 Å². The Kier molecular flexibility index (Phi) is 12.6. The smallest absolute Gasteiger partial charge is 0.408 e. The van der Waals surface area contributed by atoms with Crippen LogP contribution in [0.4, 0.5) is 4.79 Å². The third kappa shape index (κ3) is 10.8. The van der Waals surface area contributed by atoms with Crippen LogP contribution in [0.2, 0.25) is 0 Å². The van der Waals surface area contributed by atoms with E-state index in [9.17, 15) is 19.2 Å². The molecule has 0 radical (unpaired) electrons. The van der Waals surface area contributed by atoms with E-state index in [0.29, 0.717) is 12.0 Å². The van der Waals surface area contributed by atoms with Crippen LogP contribution in [0, 0.1) is 13.8 Å². The first-order valence-corrected chi connectivity index (χ1v) is 13.2. The molecule has 0 saturated heterocycles. The lowest BCUT2D eigenvalue weighted by Crippen LogP contribution is -2.54. The number of hydrogen-bond donors (Lipinski definition) is 3. The van der Waals surface area contributed by atoms with E-state index in [1.54, 1.807) is 20.8 Å². The zero-order valence-electron chi connectivity index (χ0n) is 23.8. The first-order valence-electron chi connectivity index (χ1n) is 13.2. The van der Waals surface area contributed by atoms with Crippen LogP contribution in [-0.2, 0) is 19.1 Å². The van der Waals surface area contributed by atoms with Gasteiger partial charge in [0.25, 0.3) is 0 Å². The van der Waals surface area contributed by atoms with Gasteiger partial charge in [-0.1, -0.05) is 38.5 Å². The second-order valence-electron chi connectivity index (χ2n) is 10.7. The summed E-state index contributed by atoms with van der Waals surface area (Å²) < 4.78 is 5.35. The van der Waals surface area contributed by atoms with E-state index in [4.69, 9.17) is 10.5 Å². The van der Waals surface area contributed by atoms with Gasteiger partial charge in [0.1, 0.15) is 17.7 Å². The van der Waals surface area contributed by atoms with Gasteiger partial charge in [-0.3, -0.25) is 14.4 Å². The van der Waals surface area contributed by atoms with Crippen LogP contribution in [-0.4, -0.2) is 52.9 Å². The van der Waals surface area contributed by atoms with Gasteiger partial charge in [-0.15, -0.1) is 0 Å². The molecule has 1 aromatic rings. The van der Waals surface area contributed by atoms with E-state index in [2.05, 4.69) is 10.6 Å². The molecule has 0 bridgehead atoms. The number of nitrogens with one attached hydrogen (secondary N) is 2. The predicted octanol–water partition coefficient (Wildman–Crippen LogP) is 4.05. The summed E-state index contributed by atoms with van der Waals surface area (Å²) >= 11 is 0. The Morgan fingerprint density at radius 3 is 2.16 bits per heavy atom. The van der Waals surface area contributed by atoms with Crippen molar-refractivity contribution in [2.45, 2.75) is 111 Å². The van der Waals surface area contributed by atoms with Crippen molar-refractivity contribution in [1.82, 2.24) is 15.5 Å². The minimum Gasteiger partial charge on any atom is -0.444 e. The second-order valence-corrected chi connectivity index (χ2v) is 10.7. The third-order valence-electron chi connectivity index (χ3n) is 5.93.